The van der Waals surface area contributed by atoms with Crippen LogP contribution in [0.5, 0.6) is 5.75 Å². The maximum Gasteiger partial charge on any atom is 0.203 e. The number of anilines is 2. The van der Waals surface area contributed by atoms with Gasteiger partial charge in [0.25, 0.3) is 0 Å². The van der Waals surface area contributed by atoms with E-state index in [0.29, 0.717) is 17.3 Å². The molecule has 23 heavy (non-hydrogen) atoms. The summed E-state index contributed by atoms with van der Waals surface area (Å²) in [5.74, 6) is 1.00. The average Bonchev–Trinajstić information content (AvgIpc) is 2.93. The topological polar surface area (TPSA) is 64.3 Å². The first kappa shape index (κ1) is 14.8. The van der Waals surface area contributed by atoms with Gasteiger partial charge < -0.3 is 15.4 Å². The fourth-order valence-corrected chi connectivity index (χ4v) is 3.91. The average molecular weight is 330 g/mol. The van der Waals surface area contributed by atoms with Gasteiger partial charge in [-0.2, -0.15) is 0 Å². The maximum absolute atomic E-state index is 6.40. The first-order valence-corrected chi connectivity index (χ1v) is 9.10. The van der Waals surface area contributed by atoms with Crippen molar-refractivity contribution in [3.05, 3.63) is 17.7 Å². The minimum Gasteiger partial charge on any atom is -0.489 e. The monoisotopic (exact) mass is 330 g/mol. The molecule has 122 valence electrons. The third kappa shape index (κ3) is 2.55. The van der Waals surface area contributed by atoms with Crippen LogP contribution in [0.1, 0.15) is 38.2 Å². The Bertz CT molecular complexity index is 725. The number of nitrogen functional groups attached to an aromatic ring is 1. The lowest BCUT2D eigenvalue weighted by Gasteiger charge is -2.36. The van der Waals surface area contributed by atoms with E-state index in [1.807, 2.05) is 0 Å². The number of aromatic nitrogens is 2. The van der Waals surface area contributed by atoms with E-state index in [9.17, 15) is 0 Å². The quantitative estimate of drug-likeness (QED) is 0.933. The normalized spacial score (nSPS) is 21.0. The summed E-state index contributed by atoms with van der Waals surface area (Å²) in [5, 5.41) is 9.54. The van der Waals surface area contributed by atoms with Crippen molar-refractivity contribution in [1.82, 2.24) is 10.2 Å². The number of hydrogen-bond donors (Lipinski definition) is 1. The minimum absolute atomic E-state index is 0.343. The zero-order valence-corrected chi connectivity index (χ0v) is 14.4. The molecule has 2 aliphatic rings. The summed E-state index contributed by atoms with van der Waals surface area (Å²) in [4.78, 5) is 2.35. The number of nitrogens with two attached hydrogens (primary N) is 1. The van der Waals surface area contributed by atoms with Gasteiger partial charge in [0, 0.05) is 24.3 Å². The zero-order chi connectivity index (χ0) is 16.0. The van der Waals surface area contributed by atoms with Gasteiger partial charge in [0.1, 0.15) is 5.75 Å². The predicted octanol–water partition coefficient (Wildman–Crippen LogP) is 3.49. The van der Waals surface area contributed by atoms with Gasteiger partial charge in [-0.05, 0) is 51.2 Å². The molecule has 6 heteroatoms. The van der Waals surface area contributed by atoms with Crippen LogP contribution in [0, 0.1) is 0 Å². The van der Waals surface area contributed by atoms with Crippen LogP contribution >= 0.6 is 11.3 Å². The SMILES string of the molecule is CC1CCc2c(ccc(-c3nnc(N)s3)c2OC2CCC2)N1C. The van der Waals surface area contributed by atoms with Crippen LogP contribution in [0.25, 0.3) is 10.6 Å². The highest BCUT2D eigenvalue weighted by molar-refractivity contribution is 7.18. The van der Waals surface area contributed by atoms with Crippen molar-refractivity contribution in [3.63, 3.8) is 0 Å². The van der Waals surface area contributed by atoms with E-state index in [1.54, 1.807) is 0 Å². The molecule has 4 rings (SSSR count). The van der Waals surface area contributed by atoms with Crippen LogP contribution < -0.4 is 15.4 Å². The summed E-state index contributed by atoms with van der Waals surface area (Å²) in [6.45, 7) is 2.27. The Balaban J connectivity index is 1.82. The van der Waals surface area contributed by atoms with Crippen LogP contribution in [0.2, 0.25) is 0 Å². The molecule has 2 N–H and O–H groups in total. The van der Waals surface area contributed by atoms with Crippen LogP contribution in [-0.4, -0.2) is 29.4 Å². The molecule has 1 aromatic heterocycles. The lowest BCUT2D eigenvalue weighted by Crippen LogP contribution is -2.34. The maximum atomic E-state index is 6.40. The molecular weight excluding hydrogens is 308 g/mol. The van der Waals surface area contributed by atoms with Crippen LogP contribution in [-0.2, 0) is 6.42 Å². The second-order valence-electron chi connectivity index (χ2n) is 6.55. The molecule has 0 amide bonds. The molecule has 1 aromatic carbocycles. The van der Waals surface area contributed by atoms with Crippen molar-refractivity contribution in [2.75, 3.05) is 17.7 Å². The number of benzene rings is 1. The molecular formula is C17H22N4OS. The molecule has 1 aliphatic carbocycles. The van der Waals surface area contributed by atoms with E-state index in [2.05, 4.69) is 41.2 Å². The van der Waals surface area contributed by atoms with Crippen molar-refractivity contribution < 1.29 is 4.74 Å². The standard InChI is InChI=1S/C17H22N4OS/c1-10-6-7-12-14(21(10)2)9-8-13(16-19-20-17(18)23-16)15(12)22-11-4-3-5-11/h8-11H,3-7H2,1-2H3,(H2,18,20). The van der Waals surface area contributed by atoms with E-state index in [1.165, 1.54) is 29.0 Å². The number of hydrogen-bond acceptors (Lipinski definition) is 6. The van der Waals surface area contributed by atoms with Crippen molar-refractivity contribution in [2.45, 2.75) is 51.2 Å². The smallest absolute Gasteiger partial charge is 0.203 e. The molecule has 2 heterocycles. The Morgan fingerprint density at radius 2 is 2.09 bits per heavy atom. The lowest BCUT2D eigenvalue weighted by molar-refractivity contribution is 0.119. The second-order valence-corrected chi connectivity index (χ2v) is 7.56. The molecule has 2 aromatic rings. The molecule has 0 bridgehead atoms. The highest BCUT2D eigenvalue weighted by Crippen LogP contribution is 2.44. The van der Waals surface area contributed by atoms with Gasteiger partial charge >= 0.3 is 0 Å². The van der Waals surface area contributed by atoms with E-state index in [0.717, 1.165) is 42.0 Å². The summed E-state index contributed by atoms with van der Waals surface area (Å²) in [6.07, 6.45) is 6.09. The number of fused-ring (bicyclic) bond motifs is 1. The van der Waals surface area contributed by atoms with E-state index >= 15 is 0 Å². The van der Waals surface area contributed by atoms with Gasteiger partial charge in [-0.15, -0.1) is 10.2 Å². The second kappa shape index (κ2) is 5.67. The Kier molecular flexibility index (Phi) is 3.64. The molecule has 1 aliphatic heterocycles. The van der Waals surface area contributed by atoms with Crippen molar-refractivity contribution in [1.29, 1.82) is 0 Å². The summed E-state index contributed by atoms with van der Waals surface area (Å²) >= 11 is 1.42. The molecule has 1 fully saturated rings. The van der Waals surface area contributed by atoms with Gasteiger partial charge in [-0.3, -0.25) is 0 Å². The fourth-order valence-electron chi connectivity index (χ4n) is 3.28. The van der Waals surface area contributed by atoms with Gasteiger partial charge in [0.15, 0.2) is 5.01 Å². The molecule has 0 radical (unpaired) electrons. The predicted molar refractivity (Wildman–Crippen MR) is 94.2 cm³/mol. The summed E-state index contributed by atoms with van der Waals surface area (Å²) in [7, 11) is 2.17. The van der Waals surface area contributed by atoms with Gasteiger partial charge in [0.2, 0.25) is 5.13 Å². The largest absolute Gasteiger partial charge is 0.489 e. The third-order valence-corrected chi connectivity index (χ3v) is 5.88. The highest BCUT2D eigenvalue weighted by Gasteiger charge is 2.29. The van der Waals surface area contributed by atoms with Crippen molar-refractivity contribution in [3.8, 4) is 16.3 Å². The molecule has 5 nitrogen and oxygen atoms in total. The van der Waals surface area contributed by atoms with Gasteiger partial charge in [-0.25, -0.2) is 0 Å². The van der Waals surface area contributed by atoms with Crippen molar-refractivity contribution >= 4 is 22.2 Å². The van der Waals surface area contributed by atoms with E-state index in [4.69, 9.17) is 10.5 Å². The minimum atomic E-state index is 0.343. The van der Waals surface area contributed by atoms with Gasteiger partial charge in [-0.1, -0.05) is 11.3 Å². The summed E-state index contributed by atoms with van der Waals surface area (Å²) in [6, 6.07) is 4.86. The summed E-state index contributed by atoms with van der Waals surface area (Å²) < 4.78 is 6.40. The summed E-state index contributed by atoms with van der Waals surface area (Å²) in [5.41, 5.74) is 9.40. The van der Waals surface area contributed by atoms with Gasteiger partial charge in [0.05, 0.1) is 11.7 Å². The van der Waals surface area contributed by atoms with E-state index < -0.39 is 0 Å². The van der Waals surface area contributed by atoms with Crippen LogP contribution in [0.4, 0.5) is 10.8 Å². The van der Waals surface area contributed by atoms with E-state index in [-0.39, 0.29) is 0 Å². The first-order valence-electron chi connectivity index (χ1n) is 8.28. The first-order chi connectivity index (χ1) is 11.1. The number of ether oxygens (including phenoxy) is 1. The Labute approximate surface area is 140 Å². The zero-order valence-electron chi connectivity index (χ0n) is 13.6. The molecule has 1 saturated carbocycles. The van der Waals surface area contributed by atoms with Crippen molar-refractivity contribution in [2.24, 2.45) is 0 Å². The Hall–Kier alpha value is -1.82. The van der Waals surface area contributed by atoms with Crippen LogP contribution in [0.3, 0.4) is 0 Å². The highest BCUT2D eigenvalue weighted by atomic mass is 32.1. The molecule has 1 unspecified atom stereocenters. The number of rotatable bonds is 3. The third-order valence-electron chi connectivity index (χ3n) is 5.10. The Morgan fingerprint density at radius 1 is 1.26 bits per heavy atom. The fraction of sp³-hybridized carbons (Fsp3) is 0.529. The molecule has 0 spiro atoms. The molecule has 1 atom stereocenters. The van der Waals surface area contributed by atoms with Crippen LogP contribution in [0.15, 0.2) is 12.1 Å². The molecule has 0 saturated heterocycles. The number of nitrogens with zero attached hydrogens (tertiary/aromatic N) is 3. The Morgan fingerprint density at radius 3 is 2.74 bits per heavy atom. The lowest BCUT2D eigenvalue weighted by atomic mass is 9.92.